The molecule has 0 saturated carbocycles. The van der Waals surface area contributed by atoms with Crippen LogP contribution in [0.2, 0.25) is 0 Å². The van der Waals surface area contributed by atoms with E-state index >= 15 is 0 Å². The highest BCUT2D eigenvalue weighted by Gasteiger charge is 2.30. The summed E-state index contributed by atoms with van der Waals surface area (Å²) in [6, 6.07) is 44.6. The number of anilines is 2. The van der Waals surface area contributed by atoms with Crippen LogP contribution in [-0.4, -0.2) is 6.17 Å². The lowest BCUT2D eigenvalue weighted by molar-refractivity contribution is 0.908. The molecule has 7 aromatic rings. The molecule has 9 rings (SSSR count). The number of allylic oxidation sites excluding steroid dienone is 2. The van der Waals surface area contributed by atoms with Crippen LogP contribution in [0.5, 0.6) is 0 Å². The number of nitrogens with zero attached hydrogens (tertiary/aromatic N) is 1. The van der Waals surface area contributed by atoms with Gasteiger partial charge in [-0.3, -0.25) is 0 Å². The van der Waals surface area contributed by atoms with E-state index in [4.69, 9.17) is 0 Å². The summed E-state index contributed by atoms with van der Waals surface area (Å²) < 4.78 is 0. The fourth-order valence-corrected chi connectivity index (χ4v) is 6.91. The van der Waals surface area contributed by atoms with Crippen LogP contribution in [-0.2, 0) is 0 Å². The van der Waals surface area contributed by atoms with Crippen molar-refractivity contribution in [2.24, 2.45) is 0 Å². The topological polar surface area (TPSA) is 15.3 Å². The molecule has 7 aromatic carbocycles. The lowest BCUT2D eigenvalue weighted by Gasteiger charge is -2.22. The molecule has 41 heavy (non-hydrogen) atoms. The molecule has 2 heterocycles. The van der Waals surface area contributed by atoms with Gasteiger partial charge in [-0.15, -0.1) is 0 Å². The third kappa shape index (κ3) is 3.31. The van der Waals surface area contributed by atoms with Gasteiger partial charge in [0.2, 0.25) is 0 Å². The molecule has 1 N–H and O–H groups in total. The van der Waals surface area contributed by atoms with Crippen LogP contribution in [0.3, 0.4) is 0 Å². The van der Waals surface area contributed by atoms with Crippen LogP contribution in [0.1, 0.15) is 0 Å². The van der Waals surface area contributed by atoms with Crippen molar-refractivity contribution in [1.29, 1.82) is 0 Å². The molecule has 0 amide bonds. The van der Waals surface area contributed by atoms with Gasteiger partial charge in [-0.05, 0) is 96.2 Å². The second-order valence-corrected chi connectivity index (χ2v) is 11.0. The van der Waals surface area contributed by atoms with Crippen molar-refractivity contribution >= 4 is 54.5 Å². The Kier molecular flexibility index (Phi) is 4.70. The number of fused-ring (bicyclic) bond motifs is 9. The van der Waals surface area contributed by atoms with Gasteiger partial charge in [0.1, 0.15) is 6.17 Å². The Bertz CT molecular complexity index is 2260. The highest BCUT2D eigenvalue weighted by atomic mass is 15.3. The van der Waals surface area contributed by atoms with Crippen LogP contribution in [0, 0.1) is 0 Å². The lowest BCUT2D eigenvalue weighted by atomic mass is 9.88. The van der Waals surface area contributed by atoms with Gasteiger partial charge in [0, 0.05) is 11.8 Å². The molecule has 2 aliphatic rings. The summed E-state index contributed by atoms with van der Waals surface area (Å²) in [7, 11) is 0. The molecule has 0 aliphatic carbocycles. The van der Waals surface area contributed by atoms with Crippen molar-refractivity contribution in [3.63, 3.8) is 0 Å². The largest absolute Gasteiger partial charge is 0.359 e. The maximum Gasteiger partial charge on any atom is 0.123 e. The summed E-state index contributed by atoms with van der Waals surface area (Å²) >= 11 is 0. The van der Waals surface area contributed by atoms with Crippen molar-refractivity contribution in [3.8, 4) is 22.3 Å². The molecule has 0 spiro atoms. The van der Waals surface area contributed by atoms with E-state index < -0.39 is 0 Å². The minimum Gasteiger partial charge on any atom is -0.359 e. The first-order valence-electron chi connectivity index (χ1n) is 14.2. The summed E-state index contributed by atoms with van der Waals surface area (Å²) in [5.41, 5.74) is 7.35. The second-order valence-electron chi connectivity index (χ2n) is 11.0. The van der Waals surface area contributed by atoms with Crippen molar-refractivity contribution < 1.29 is 0 Å². The van der Waals surface area contributed by atoms with Gasteiger partial charge in [0.05, 0.1) is 11.4 Å². The smallest absolute Gasteiger partial charge is 0.123 e. The number of hydrogen-bond donors (Lipinski definition) is 1. The zero-order valence-electron chi connectivity index (χ0n) is 22.4. The highest BCUT2D eigenvalue weighted by Crippen LogP contribution is 2.49. The Balaban J connectivity index is 1.40. The maximum atomic E-state index is 3.85. The minimum absolute atomic E-state index is 0.101. The van der Waals surface area contributed by atoms with E-state index in [1.807, 2.05) is 0 Å². The first-order valence-corrected chi connectivity index (χ1v) is 14.2. The molecule has 1 atom stereocenters. The molecule has 2 aliphatic heterocycles. The van der Waals surface area contributed by atoms with Gasteiger partial charge in [0.15, 0.2) is 0 Å². The summed E-state index contributed by atoms with van der Waals surface area (Å²) in [5.74, 6) is 0. The van der Waals surface area contributed by atoms with Crippen LogP contribution >= 0.6 is 0 Å². The molecule has 0 radical (unpaired) electrons. The molecule has 1 unspecified atom stereocenters. The van der Waals surface area contributed by atoms with Crippen molar-refractivity contribution in [2.75, 3.05) is 10.2 Å². The van der Waals surface area contributed by atoms with Crippen molar-refractivity contribution in [1.82, 2.24) is 0 Å². The molecular formula is C39H26N2. The first-order chi connectivity index (χ1) is 20.3. The van der Waals surface area contributed by atoms with Gasteiger partial charge in [-0.1, -0.05) is 103 Å². The average Bonchev–Trinajstić information content (AvgIpc) is 3.42. The van der Waals surface area contributed by atoms with Gasteiger partial charge in [-0.25, -0.2) is 0 Å². The summed E-state index contributed by atoms with van der Waals surface area (Å²) in [6.07, 6.45) is 8.77. The normalized spacial score (nSPS) is 15.5. The number of hydrogen-bond acceptors (Lipinski definition) is 2. The third-order valence-corrected chi connectivity index (χ3v) is 8.78. The number of rotatable bonds is 2. The monoisotopic (exact) mass is 522 g/mol. The van der Waals surface area contributed by atoms with Crippen LogP contribution in [0.4, 0.5) is 11.4 Å². The summed E-state index contributed by atoms with van der Waals surface area (Å²) in [6.45, 7) is 0. The average molecular weight is 523 g/mol. The number of nitrogens with one attached hydrogen (secondary N) is 1. The summed E-state index contributed by atoms with van der Waals surface area (Å²) in [4.78, 5) is 2.36. The molecular weight excluding hydrogens is 496 g/mol. The third-order valence-electron chi connectivity index (χ3n) is 8.78. The predicted molar refractivity (Wildman–Crippen MR) is 176 cm³/mol. The van der Waals surface area contributed by atoms with E-state index in [0.29, 0.717) is 0 Å². The van der Waals surface area contributed by atoms with E-state index in [2.05, 4.69) is 156 Å². The van der Waals surface area contributed by atoms with E-state index in [-0.39, 0.29) is 6.17 Å². The molecule has 192 valence electrons. The van der Waals surface area contributed by atoms with Crippen molar-refractivity contribution in [2.45, 2.75) is 6.17 Å². The Hall–Kier alpha value is -5.34. The van der Waals surface area contributed by atoms with Crippen LogP contribution in [0.15, 0.2) is 146 Å². The van der Waals surface area contributed by atoms with Gasteiger partial charge in [-0.2, -0.15) is 0 Å². The fraction of sp³-hybridized carbons (Fsp3) is 0.0256. The number of benzene rings is 7. The fourth-order valence-electron chi connectivity index (χ4n) is 6.91. The lowest BCUT2D eigenvalue weighted by Crippen LogP contribution is -2.30. The molecule has 0 aromatic heterocycles. The highest BCUT2D eigenvalue weighted by molar-refractivity contribution is 6.17. The molecule has 0 fully saturated rings. The Morgan fingerprint density at radius 1 is 0.488 bits per heavy atom. The first kappa shape index (κ1) is 22.5. The Morgan fingerprint density at radius 2 is 1.05 bits per heavy atom. The van der Waals surface area contributed by atoms with E-state index in [0.717, 1.165) is 0 Å². The van der Waals surface area contributed by atoms with Crippen molar-refractivity contribution in [3.05, 3.63) is 146 Å². The van der Waals surface area contributed by atoms with Gasteiger partial charge in [0.25, 0.3) is 0 Å². The molecule has 2 nitrogen and oxygen atoms in total. The molecule has 0 saturated heterocycles. The van der Waals surface area contributed by atoms with Crippen LogP contribution < -0.4 is 10.2 Å². The molecule has 2 heteroatoms. The van der Waals surface area contributed by atoms with Gasteiger partial charge >= 0.3 is 0 Å². The predicted octanol–water partition coefficient (Wildman–Crippen LogP) is 10.3. The summed E-state index contributed by atoms with van der Waals surface area (Å²) in [5, 5.41) is 14.1. The van der Waals surface area contributed by atoms with E-state index in [1.54, 1.807) is 0 Å². The molecule has 0 bridgehead atoms. The van der Waals surface area contributed by atoms with Gasteiger partial charge < -0.3 is 10.2 Å². The van der Waals surface area contributed by atoms with E-state index in [9.17, 15) is 0 Å². The van der Waals surface area contributed by atoms with E-state index in [1.165, 1.54) is 76.7 Å². The maximum absolute atomic E-state index is 3.85. The Morgan fingerprint density at radius 3 is 1.73 bits per heavy atom. The zero-order chi connectivity index (χ0) is 26.9. The van der Waals surface area contributed by atoms with Crippen LogP contribution in [0.25, 0.3) is 65.3 Å². The quantitative estimate of drug-likeness (QED) is 0.227. The Labute approximate surface area is 238 Å². The second kappa shape index (κ2) is 8.58. The minimum atomic E-state index is 0.101. The standard InChI is InChI=1S/C39H26N2/c1-3-13-28-25(11-1)21-34(32-17-7-5-15-30(28)32)27-23-36(39-37(24-27)41-20-10-9-19-38(41)40-39)35-22-26-12-2-4-14-29(26)31-16-6-8-18-33(31)35/h1-24,38,40H. The zero-order valence-corrected chi connectivity index (χ0v) is 22.4. The SMILES string of the molecule is C1=CC2Nc3c(-c4cc5ccccc5c5ccccc45)cc(-c4cc5ccccc5c5ccccc45)cc3N2C=C1.